The second kappa shape index (κ2) is 21.3. The van der Waals surface area contributed by atoms with Crippen molar-refractivity contribution >= 4 is 17.9 Å². The lowest BCUT2D eigenvalue weighted by Gasteiger charge is -2.59. The molecule has 0 aromatic heterocycles. The molecule has 6 atom stereocenters. The average molecular weight is 828 g/mol. The SMILES string of the molecule is C=CCOC12Oc3ccc(OC(=O)NCC)cc3C3C(CCCCO)C(CCCCO)C=C(C(=NOCc4ccccc4)CC1N(Cc1ccc(F)cc1)C(=O)OCC)C32. The van der Waals surface area contributed by atoms with E-state index >= 15 is 0 Å². The topological polar surface area (TPSA) is 148 Å². The number of hydrogen-bond acceptors (Lipinski definition) is 10. The molecule has 60 heavy (non-hydrogen) atoms. The van der Waals surface area contributed by atoms with Crippen molar-refractivity contribution in [2.75, 3.05) is 33.0 Å². The summed E-state index contributed by atoms with van der Waals surface area (Å²) >= 11 is 0. The minimum Gasteiger partial charge on any atom is -0.459 e. The molecule has 3 aromatic carbocycles. The van der Waals surface area contributed by atoms with Crippen molar-refractivity contribution in [2.45, 2.75) is 89.7 Å². The lowest BCUT2D eigenvalue weighted by molar-refractivity contribution is -0.256. The maximum absolute atomic E-state index is 14.4. The Kier molecular flexibility index (Phi) is 15.8. The van der Waals surface area contributed by atoms with E-state index in [0.717, 1.165) is 42.4 Å². The van der Waals surface area contributed by atoms with E-state index in [1.807, 2.05) is 43.3 Å². The summed E-state index contributed by atoms with van der Waals surface area (Å²) in [6.45, 7) is 8.45. The molecule has 0 bridgehead atoms. The molecule has 12 nitrogen and oxygen atoms in total. The summed E-state index contributed by atoms with van der Waals surface area (Å²) in [4.78, 5) is 34.8. The zero-order valence-corrected chi connectivity index (χ0v) is 34.6. The monoisotopic (exact) mass is 827 g/mol. The van der Waals surface area contributed by atoms with Crippen molar-refractivity contribution in [3.05, 3.63) is 120 Å². The second-order valence-electron chi connectivity index (χ2n) is 15.4. The molecular formula is C47H58FN3O9. The van der Waals surface area contributed by atoms with Gasteiger partial charge in [0.05, 0.1) is 24.8 Å². The van der Waals surface area contributed by atoms with E-state index in [9.17, 15) is 24.2 Å². The fraction of sp³-hybridized carbons (Fsp3) is 0.468. The average Bonchev–Trinajstić information content (AvgIpc) is 3.25. The lowest BCUT2D eigenvalue weighted by Crippen LogP contribution is -2.70. The van der Waals surface area contributed by atoms with Crippen LogP contribution >= 0.6 is 0 Å². The number of nitrogens with zero attached hydrogens (tertiary/aromatic N) is 2. The Hall–Kier alpha value is -5.24. The Balaban J connectivity index is 1.60. The summed E-state index contributed by atoms with van der Waals surface area (Å²) in [7, 11) is 0. The van der Waals surface area contributed by atoms with Gasteiger partial charge in [-0.25, -0.2) is 14.0 Å². The van der Waals surface area contributed by atoms with Crippen LogP contribution in [0, 0.1) is 23.6 Å². The third kappa shape index (κ3) is 10.2. The molecule has 0 spiro atoms. The summed E-state index contributed by atoms with van der Waals surface area (Å²) in [5.74, 6) is -2.10. The van der Waals surface area contributed by atoms with Gasteiger partial charge in [-0.05, 0) is 98.4 Å². The summed E-state index contributed by atoms with van der Waals surface area (Å²) in [6, 6.07) is 20.1. The van der Waals surface area contributed by atoms with Crippen LogP contribution in [0.3, 0.4) is 0 Å². The molecule has 1 saturated carbocycles. The fourth-order valence-electron chi connectivity index (χ4n) is 9.05. The molecule has 13 heteroatoms. The van der Waals surface area contributed by atoms with E-state index in [1.165, 1.54) is 12.1 Å². The Morgan fingerprint density at radius 3 is 2.45 bits per heavy atom. The first-order valence-corrected chi connectivity index (χ1v) is 21.1. The van der Waals surface area contributed by atoms with Crippen molar-refractivity contribution in [1.29, 1.82) is 0 Å². The number of amides is 2. The first-order chi connectivity index (χ1) is 29.3. The number of rotatable bonds is 20. The molecule has 3 N–H and O–H groups in total. The molecule has 0 saturated heterocycles. The van der Waals surface area contributed by atoms with E-state index in [2.05, 4.69) is 18.0 Å². The minimum absolute atomic E-state index is 0.00115. The van der Waals surface area contributed by atoms with Gasteiger partial charge in [0, 0.05) is 44.2 Å². The van der Waals surface area contributed by atoms with Crippen LogP contribution in [0.15, 0.2) is 102 Å². The highest BCUT2D eigenvalue weighted by Gasteiger charge is 2.65. The van der Waals surface area contributed by atoms with Gasteiger partial charge in [-0.3, -0.25) is 4.90 Å². The molecule has 3 aromatic rings. The molecule has 1 fully saturated rings. The predicted octanol–water partition coefficient (Wildman–Crippen LogP) is 8.43. The number of carbonyl (C=O) groups excluding carboxylic acids is 2. The third-order valence-corrected chi connectivity index (χ3v) is 11.6. The summed E-state index contributed by atoms with van der Waals surface area (Å²) in [6.07, 6.45) is 7.09. The van der Waals surface area contributed by atoms with Gasteiger partial charge in [0.15, 0.2) is 0 Å². The van der Waals surface area contributed by atoms with Crippen LogP contribution < -0.4 is 14.8 Å². The van der Waals surface area contributed by atoms with Crippen molar-refractivity contribution < 1.29 is 48.0 Å². The summed E-state index contributed by atoms with van der Waals surface area (Å²) in [5.41, 5.74) is 3.86. The Morgan fingerprint density at radius 2 is 1.75 bits per heavy atom. The normalized spacial score (nSPS) is 23.3. The molecule has 3 aliphatic rings. The zero-order chi connectivity index (χ0) is 42.5. The van der Waals surface area contributed by atoms with Crippen LogP contribution in [0.4, 0.5) is 14.0 Å². The quantitative estimate of drug-likeness (QED) is 0.0580. The number of aliphatic hydroxyl groups excluding tert-OH is 2. The number of benzene rings is 3. The maximum atomic E-state index is 14.4. The molecule has 1 aliphatic heterocycles. The van der Waals surface area contributed by atoms with Gasteiger partial charge in [0.2, 0.25) is 5.79 Å². The number of halogens is 1. The van der Waals surface area contributed by atoms with Crippen molar-refractivity contribution in [3.8, 4) is 11.5 Å². The van der Waals surface area contributed by atoms with Gasteiger partial charge < -0.3 is 39.3 Å². The largest absolute Gasteiger partial charge is 0.459 e. The molecule has 2 amide bonds. The Labute approximate surface area is 352 Å². The number of allylic oxidation sites excluding steroid dienone is 1. The summed E-state index contributed by atoms with van der Waals surface area (Å²) in [5, 5.41) is 27.3. The molecule has 6 unspecified atom stereocenters. The molecule has 322 valence electrons. The number of nitrogens with one attached hydrogen (secondary N) is 1. The van der Waals surface area contributed by atoms with E-state index in [4.69, 9.17) is 28.9 Å². The van der Waals surface area contributed by atoms with Crippen LogP contribution in [0.25, 0.3) is 0 Å². The third-order valence-electron chi connectivity index (χ3n) is 11.6. The fourth-order valence-corrected chi connectivity index (χ4v) is 9.05. The van der Waals surface area contributed by atoms with Crippen LogP contribution in [-0.4, -0.2) is 77.8 Å². The Bertz CT molecular complexity index is 1960. The minimum atomic E-state index is -1.55. The van der Waals surface area contributed by atoms with Crippen molar-refractivity contribution in [3.63, 3.8) is 0 Å². The highest BCUT2D eigenvalue weighted by Crippen LogP contribution is 2.62. The van der Waals surface area contributed by atoms with E-state index in [-0.39, 0.29) is 63.8 Å². The number of oxime groups is 1. The molecule has 2 aliphatic carbocycles. The summed E-state index contributed by atoms with van der Waals surface area (Å²) < 4.78 is 40.0. The zero-order valence-electron chi connectivity index (χ0n) is 34.6. The van der Waals surface area contributed by atoms with Crippen LogP contribution in [-0.2, 0) is 27.5 Å². The standard InChI is InChI=1S/C47H58FN3O9/c1-4-26-57-47-42(51(46(55)56-6-3)30-32-18-20-35(48)21-19-32)29-40(50-58-31-33-14-8-7-9-15-33)38-27-34(16-10-12-24-52)37(17-11-13-25-53)43(44(38)47)39-28-36(22-23-41(39)60-47)59-45(54)49-5-2/h4,7-9,14-15,18-23,27-28,34,37,42-44,52-53H,1,5-6,10-13,16-17,24-26,29-31H2,2-3H3,(H,49,54). The number of unbranched alkanes of at least 4 members (excludes halogenated alkanes) is 2. The number of aliphatic hydroxyl groups is 2. The van der Waals surface area contributed by atoms with Gasteiger partial charge in [0.1, 0.15) is 30.0 Å². The van der Waals surface area contributed by atoms with Crippen molar-refractivity contribution in [1.82, 2.24) is 10.2 Å². The first kappa shape index (κ1) is 44.3. The number of fused-ring (bicyclic) bond motifs is 2. The van der Waals surface area contributed by atoms with Gasteiger partial charge in [-0.1, -0.05) is 72.6 Å². The first-order valence-electron chi connectivity index (χ1n) is 21.1. The molecule has 1 heterocycles. The smallest absolute Gasteiger partial charge is 0.412 e. The van der Waals surface area contributed by atoms with Gasteiger partial charge in [-0.2, -0.15) is 0 Å². The number of carbonyl (C=O) groups is 2. The van der Waals surface area contributed by atoms with Crippen LogP contribution in [0.5, 0.6) is 11.5 Å². The van der Waals surface area contributed by atoms with Crippen molar-refractivity contribution in [2.24, 2.45) is 22.9 Å². The lowest BCUT2D eigenvalue weighted by atomic mass is 9.55. The van der Waals surface area contributed by atoms with E-state index < -0.39 is 35.8 Å². The van der Waals surface area contributed by atoms with E-state index in [1.54, 1.807) is 42.2 Å². The Morgan fingerprint density at radius 1 is 1.00 bits per heavy atom. The number of hydrogen-bond donors (Lipinski definition) is 3. The number of ether oxygens (including phenoxy) is 4. The van der Waals surface area contributed by atoms with E-state index in [0.29, 0.717) is 42.2 Å². The highest BCUT2D eigenvalue weighted by molar-refractivity contribution is 6.03. The van der Waals surface area contributed by atoms with Gasteiger partial charge in [-0.15, -0.1) is 6.58 Å². The van der Waals surface area contributed by atoms with Gasteiger partial charge in [0.25, 0.3) is 0 Å². The maximum Gasteiger partial charge on any atom is 0.412 e. The molecule has 0 radical (unpaired) electrons. The highest BCUT2D eigenvalue weighted by atomic mass is 19.1. The molecular weight excluding hydrogens is 770 g/mol. The van der Waals surface area contributed by atoms with Gasteiger partial charge >= 0.3 is 12.2 Å². The van der Waals surface area contributed by atoms with Crippen LogP contribution in [0.2, 0.25) is 0 Å². The second-order valence-corrected chi connectivity index (χ2v) is 15.4. The van der Waals surface area contributed by atoms with Crippen LogP contribution in [0.1, 0.15) is 81.4 Å². The molecule has 6 rings (SSSR count). The predicted molar refractivity (Wildman–Crippen MR) is 225 cm³/mol.